The van der Waals surface area contributed by atoms with E-state index in [9.17, 15) is 0 Å². The molecule has 4 aromatic rings. The van der Waals surface area contributed by atoms with Crippen LogP contribution in [0.5, 0.6) is 0 Å². The van der Waals surface area contributed by atoms with Gasteiger partial charge < -0.3 is 4.57 Å². The first kappa shape index (κ1) is 17.9. The lowest BCUT2D eigenvalue weighted by Crippen LogP contribution is -2.17. The molecule has 5 heteroatoms. The number of nitrogens with zero attached hydrogens (tertiary/aromatic N) is 3. The first-order chi connectivity index (χ1) is 13.2. The van der Waals surface area contributed by atoms with E-state index in [-0.39, 0.29) is 0 Å². The van der Waals surface area contributed by atoms with Crippen LogP contribution in [0.1, 0.15) is 16.8 Å². The van der Waals surface area contributed by atoms with Gasteiger partial charge in [-0.15, -0.1) is 22.7 Å². The lowest BCUT2D eigenvalue weighted by molar-refractivity contribution is 0.675. The smallest absolute Gasteiger partial charge is 0.190 e. The van der Waals surface area contributed by atoms with E-state index < -0.39 is 0 Å². The van der Waals surface area contributed by atoms with E-state index in [4.69, 9.17) is 4.99 Å². The van der Waals surface area contributed by atoms with Gasteiger partial charge in [0.25, 0.3) is 0 Å². The van der Waals surface area contributed by atoms with Gasteiger partial charge >= 0.3 is 0 Å². The third kappa shape index (κ3) is 4.10. The monoisotopic (exact) mass is 391 g/mol. The predicted octanol–water partition coefficient (Wildman–Crippen LogP) is 5.77. The Bertz CT molecular complexity index is 1090. The summed E-state index contributed by atoms with van der Waals surface area (Å²) in [6, 6.07) is 16.7. The number of pyridine rings is 1. The maximum atomic E-state index is 4.95. The van der Waals surface area contributed by atoms with Crippen LogP contribution < -0.4 is 4.80 Å². The number of aryl methyl sites for hydroxylation is 3. The molecular formula is C22H21N3S2. The highest BCUT2D eigenvalue weighted by Crippen LogP contribution is 2.26. The van der Waals surface area contributed by atoms with Gasteiger partial charge in [0.1, 0.15) is 0 Å². The summed E-state index contributed by atoms with van der Waals surface area (Å²) in [5.74, 6) is 0. The third-order valence-electron chi connectivity index (χ3n) is 4.60. The fraction of sp³-hybridized carbons (Fsp3) is 0.182. The molecule has 0 aliphatic carbocycles. The Morgan fingerprint density at radius 3 is 2.67 bits per heavy atom. The number of thiazole rings is 1. The molecule has 136 valence electrons. The van der Waals surface area contributed by atoms with Gasteiger partial charge in [-0.05, 0) is 60.7 Å². The van der Waals surface area contributed by atoms with Crippen LogP contribution in [0.15, 0.2) is 70.5 Å². The van der Waals surface area contributed by atoms with Crippen molar-refractivity contribution in [3.63, 3.8) is 0 Å². The number of rotatable bonds is 5. The van der Waals surface area contributed by atoms with Crippen molar-refractivity contribution in [1.82, 2.24) is 9.55 Å². The van der Waals surface area contributed by atoms with Gasteiger partial charge in [-0.1, -0.05) is 18.2 Å². The van der Waals surface area contributed by atoms with Crippen molar-refractivity contribution in [2.75, 3.05) is 0 Å². The molecule has 3 heterocycles. The molecule has 0 aliphatic rings. The molecule has 0 amide bonds. The van der Waals surface area contributed by atoms with E-state index in [1.807, 2.05) is 18.3 Å². The summed E-state index contributed by atoms with van der Waals surface area (Å²) in [4.78, 5) is 11.7. The molecular weight excluding hydrogens is 370 g/mol. The lowest BCUT2D eigenvalue weighted by Gasteiger charge is -2.08. The average molecular weight is 392 g/mol. The quantitative estimate of drug-likeness (QED) is 0.425. The second kappa shape index (κ2) is 8.03. The van der Waals surface area contributed by atoms with Gasteiger partial charge in [0, 0.05) is 30.2 Å². The van der Waals surface area contributed by atoms with E-state index in [1.54, 1.807) is 22.7 Å². The lowest BCUT2D eigenvalue weighted by atomic mass is 10.1. The zero-order valence-electron chi connectivity index (χ0n) is 15.4. The minimum Gasteiger partial charge on any atom is -0.315 e. The maximum absolute atomic E-state index is 4.95. The molecule has 0 radical (unpaired) electrons. The molecule has 0 unspecified atom stereocenters. The van der Waals surface area contributed by atoms with Crippen molar-refractivity contribution in [1.29, 1.82) is 0 Å². The number of benzene rings is 1. The molecule has 0 spiro atoms. The van der Waals surface area contributed by atoms with E-state index in [0.29, 0.717) is 0 Å². The fourth-order valence-electron chi connectivity index (χ4n) is 2.93. The van der Waals surface area contributed by atoms with Crippen molar-refractivity contribution in [2.45, 2.75) is 26.8 Å². The van der Waals surface area contributed by atoms with Crippen molar-refractivity contribution in [3.05, 3.63) is 87.1 Å². The van der Waals surface area contributed by atoms with Crippen molar-refractivity contribution in [2.24, 2.45) is 4.99 Å². The normalized spacial score (nSPS) is 11.9. The fourth-order valence-corrected chi connectivity index (χ4v) is 4.71. The summed E-state index contributed by atoms with van der Waals surface area (Å²) in [6.07, 6.45) is 2.74. The minimum absolute atomic E-state index is 0.859. The van der Waals surface area contributed by atoms with E-state index in [2.05, 4.69) is 70.6 Å². The Hall–Kier alpha value is -2.50. The van der Waals surface area contributed by atoms with Gasteiger partial charge in [0.2, 0.25) is 0 Å². The molecule has 0 bridgehead atoms. The predicted molar refractivity (Wildman–Crippen MR) is 115 cm³/mol. The Balaban J connectivity index is 1.74. The van der Waals surface area contributed by atoms with Crippen molar-refractivity contribution in [3.8, 4) is 10.6 Å². The first-order valence-corrected chi connectivity index (χ1v) is 10.7. The van der Waals surface area contributed by atoms with Crippen molar-refractivity contribution < 1.29 is 0 Å². The van der Waals surface area contributed by atoms with Crippen LogP contribution in [0.3, 0.4) is 0 Å². The number of aromatic nitrogens is 2. The van der Waals surface area contributed by atoms with E-state index in [1.165, 1.54) is 21.7 Å². The van der Waals surface area contributed by atoms with Crippen LogP contribution in [-0.4, -0.2) is 9.55 Å². The molecule has 3 nitrogen and oxygen atoms in total. The standard InChI is InChI=1S/C22H21N3S2/c1-16-8-9-19(14-17(16)2)24-22-25(12-10-18-6-3-4-11-23-18)20(15-27-22)21-7-5-13-26-21/h3-9,11,13-15H,10,12H2,1-2H3. The molecule has 4 rings (SSSR count). The van der Waals surface area contributed by atoms with E-state index in [0.717, 1.165) is 29.1 Å². The zero-order chi connectivity index (χ0) is 18.6. The van der Waals surface area contributed by atoms with Crippen LogP contribution >= 0.6 is 22.7 Å². The SMILES string of the molecule is Cc1ccc(N=c2scc(-c3cccs3)n2CCc2ccccn2)cc1C. The minimum atomic E-state index is 0.859. The molecule has 0 aliphatic heterocycles. The van der Waals surface area contributed by atoms with Crippen molar-refractivity contribution >= 4 is 28.4 Å². The summed E-state index contributed by atoms with van der Waals surface area (Å²) in [5.41, 5.74) is 5.90. The highest BCUT2D eigenvalue weighted by Gasteiger charge is 2.10. The van der Waals surface area contributed by atoms with Gasteiger partial charge in [0.05, 0.1) is 16.3 Å². The highest BCUT2D eigenvalue weighted by atomic mass is 32.1. The van der Waals surface area contributed by atoms with Gasteiger partial charge in [0.15, 0.2) is 4.80 Å². The molecule has 0 atom stereocenters. The van der Waals surface area contributed by atoms with E-state index >= 15 is 0 Å². The molecule has 27 heavy (non-hydrogen) atoms. The average Bonchev–Trinajstić information content (AvgIpc) is 3.34. The summed E-state index contributed by atoms with van der Waals surface area (Å²) in [7, 11) is 0. The van der Waals surface area contributed by atoms with Crippen LogP contribution in [0, 0.1) is 13.8 Å². The topological polar surface area (TPSA) is 30.2 Å². The summed E-state index contributed by atoms with van der Waals surface area (Å²) < 4.78 is 2.32. The summed E-state index contributed by atoms with van der Waals surface area (Å²) in [6.45, 7) is 5.12. The Kier molecular flexibility index (Phi) is 5.32. The second-order valence-corrected chi connectivity index (χ2v) is 8.27. The molecule has 0 N–H and O–H groups in total. The first-order valence-electron chi connectivity index (χ1n) is 8.95. The highest BCUT2D eigenvalue weighted by molar-refractivity contribution is 7.14. The number of hydrogen-bond donors (Lipinski definition) is 0. The summed E-state index contributed by atoms with van der Waals surface area (Å²) >= 11 is 3.46. The Morgan fingerprint density at radius 2 is 1.93 bits per heavy atom. The van der Waals surface area contributed by atoms with Gasteiger partial charge in [-0.3, -0.25) is 4.98 Å². The molecule has 0 fully saturated rings. The third-order valence-corrected chi connectivity index (χ3v) is 6.36. The molecule has 3 aromatic heterocycles. The van der Waals surface area contributed by atoms with Crippen LogP contribution in [0.4, 0.5) is 5.69 Å². The summed E-state index contributed by atoms with van der Waals surface area (Å²) in [5, 5.41) is 4.33. The second-order valence-electron chi connectivity index (χ2n) is 6.48. The maximum Gasteiger partial charge on any atom is 0.190 e. The number of thiophene rings is 1. The zero-order valence-corrected chi connectivity index (χ0v) is 17.1. The Labute approximate surface area is 167 Å². The molecule has 1 aromatic carbocycles. The van der Waals surface area contributed by atoms with Crippen LogP contribution in [-0.2, 0) is 13.0 Å². The Morgan fingerprint density at radius 1 is 1.00 bits per heavy atom. The van der Waals surface area contributed by atoms with Gasteiger partial charge in [-0.25, -0.2) is 4.99 Å². The van der Waals surface area contributed by atoms with Crippen LogP contribution in [0.25, 0.3) is 10.6 Å². The van der Waals surface area contributed by atoms with Gasteiger partial charge in [-0.2, -0.15) is 0 Å². The largest absolute Gasteiger partial charge is 0.315 e. The molecule has 0 saturated carbocycles. The molecule has 0 saturated heterocycles. The number of hydrogen-bond acceptors (Lipinski definition) is 4. The van der Waals surface area contributed by atoms with Crippen LogP contribution in [0.2, 0.25) is 0 Å².